The number of carbonyl (C=O) groups excluding carboxylic acids is 2. The Hall–Kier alpha value is -3.17. The van der Waals surface area contributed by atoms with Crippen molar-refractivity contribution in [3.8, 4) is 11.1 Å². The maximum absolute atomic E-state index is 12.6. The number of aryl methyl sites for hydroxylation is 1. The summed E-state index contributed by atoms with van der Waals surface area (Å²) in [6.07, 6.45) is -0.745. The molecule has 0 atom stereocenters. The largest absolute Gasteiger partial charge is 0.494 e. The highest BCUT2D eigenvalue weighted by Crippen LogP contribution is 2.37. The zero-order valence-electron chi connectivity index (χ0n) is 28.9. The Balaban J connectivity index is 1.99. The van der Waals surface area contributed by atoms with Gasteiger partial charge < -0.3 is 18.8 Å². The number of carbonyl (C=O) groups is 2. The molecule has 1 aliphatic heterocycles. The van der Waals surface area contributed by atoms with Gasteiger partial charge >= 0.3 is 19.3 Å². The van der Waals surface area contributed by atoms with E-state index in [1.165, 1.54) is 5.56 Å². The normalized spacial score (nSPS) is 16.9. The van der Waals surface area contributed by atoms with Crippen LogP contribution in [0.25, 0.3) is 11.1 Å². The molecule has 0 radical (unpaired) electrons. The van der Waals surface area contributed by atoms with Gasteiger partial charge in [-0.3, -0.25) is 5.32 Å². The number of amides is 2. The van der Waals surface area contributed by atoms with Crippen molar-refractivity contribution >= 4 is 30.6 Å². The van der Waals surface area contributed by atoms with Crippen LogP contribution in [0.1, 0.15) is 108 Å². The smallest absolute Gasteiger partial charge is 0.444 e. The Bertz CT molecular complexity index is 1360. The molecule has 2 aromatic carbocycles. The molecule has 1 heterocycles. The summed E-state index contributed by atoms with van der Waals surface area (Å²) in [7, 11) is -0.553. The average molecular weight is 607 g/mol. The van der Waals surface area contributed by atoms with Crippen molar-refractivity contribution < 1.29 is 28.4 Å². The third kappa shape index (κ3) is 9.93. The molecule has 1 N–H and O–H groups in total. The molecule has 1 aliphatic rings. The van der Waals surface area contributed by atoms with E-state index in [9.17, 15) is 9.59 Å². The number of alkyl carbamates (subject to hydrolysis) is 1. The van der Waals surface area contributed by atoms with Crippen LogP contribution in [-0.4, -0.2) is 47.5 Å². The van der Waals surface area contributed by atoms with Gasteiger partial charge in [-0.2, -0.15) is 4.99 Å². The van der Waals surface area contributed by atoms with E-state index in [1.807, 2.05) is 33.8 Å². The van der Waals surface area contributed by atoms with Crippen LogP contribution in [0.5, 0.6) is 0 Å². The van der Waals surface area contributed by atoms with Gasteiger partial charge in [0.15, 0.2) is 0 Å². The van der Waals surface area contributed by atoms with E-state index in [-0.39, 0.29) is 17.7 Å². The molecule has 0 unspecified atom stereocenters. The van der Waals surface area contributed by atoms with Crippen molar-refractivity contribution in [1.82, 2.24) is 5.32 Å². The molecule has 1 saturated heterocycles. The van der Waals surface area contributed by atoms with Crippen molar-refractivity contribution in [2.45, 2.75) is 131 Å². The average Bonchev–Trinajstić information content (AvgIpc) is 3.06. The summed E-state index contributed by atoms with van der Waals surface area (Å²) >= 11 is 0. The molecule has 2 aromatic rings. The third-order valence-corrected chi connectivity index (χ3v) is 7.54. The number of ether oxygens (including phenoxy) is 2. The summed E-state index contributed by atoms with van der Waals surface area (Å²) in [5.41, 5.74) is 2.79. The minimum atomic E-state index is -0.783. The van der Waals surface area contributed by atoms with Crippen LogP contribution < -0.4 is 10.8 Å². The van der Waals surface area contributed by atoms with E-state index in [1.54, 1.807) is 41.5 Å². The second-order valence-corrected chi connectivity index (χ2v) is 15.5. The summed E-state index contributed by atoms with van der Waals surface area (Å²) in [6.45, 7) is 25.3. The molecule has 0 bridgehead atoms. The fourth-order valence-electron chi connectivity index (χ4n) is 4.53. The molecule has 0 saturated carbocycles. The zero-order chi connectivity index (χ0) is 33.3. The lowest BCUT2D eigenvalue weighted by Crippen LogP contribution is -2.41. The highest BCUT2D eigenvalue weighted by molar-refractivity contribution is 6.62. The van der Waals surface area contributed by atoms with Crippen LogP contribution in [-0.2, 0) is 30.6 Å². The van der Waals surface area contributed by atoms with E-state index in [0.717, 1.165) is 22.2 Å². The van der Waals surface area contributed by atoms with Gasteiger partial charge in [0.25, 0.3) is 0 Å². The quantitative estimate of drug-likeness (QED) is 0.213. The zero-order valence-corrected chi connectivity index (χ0v) is 28.9. The van der Waals surface area contributed by atoms with Gasteiger partial charge in [0.2, 0.25) is 0 Å². The second kappa shape index (κ2) is 12.7. The van der Waals surface area contributed by atoms with Crippen LogP contribution in [0.2, 0.25) is 0 Å². The molecule has 44 heavy (non-hydrogen) atoms. The topological polar surface area (TPSA) is 95.5 Å². The van der Waals surface area contributed by atoms with E-state index in [0.29, 0.717) is 6.42 Å². The maximum atomic E-state index is 12.6. The highest BCUT2D eigenvalue weighted by atomic mass is 16.7. The first kappa shape index (κ1) is 35.3. The summed E-state index contributed by atoms with van der Waals surface area (Å²) in [6, 6.07) is 14.8. The molecule has 0 aromatic heterocycles. The number of rotatable bonds is 5. The first-order valence-corrected chi connectivity index (χ1v) is 15.4. The number of aliphatic imine (C=N–C) groups is 1. The van der Waals surface area contributed by atoms with Crippen molar-refractivity contribution in [3.63, 3.8) is 0 Å². The Kier molecular flexibility index (Phi) is 10.2. The first-order valence-electron chi connectivity index (χ1n) is 15.4. The summed E-state index contributed by atoms with van der Waals surface area (Å²) in [5, 5.41) is 2.66. The van der Waals surface area contributed by atoms with Crippen molar-refractivity contribution in [2.75, 3.05) is 0 Å². The van der Waals surface area contributed by atoms with Gasteiger partial charge in [0.05, 0.1) is 11.2 Å². The number of hydrogen-bond acceptors (Lipinski definition) is 6. The lowest BCUT2D eigenvalue weighted by molar-refractivity contribution is 0.00578. The number of nitrogens with one attached hydrogen (secondary N) is 1. The number of hydrogen-bond donors (Lipinski definition) is 1. The lowest BCUT2D eigenvalue weighted by Gasteiger charge is -2.32. The van der Waals surface area contributed by atoms with Crippen LogP contribution >= 0.6 is 0 Å². The van der Waals surface area contributed by atoms with E-state index in [2.05, 4.69) is 67.5 Å². The fraction of sp³-hybridized carbons (Fsp3) is 0.571. The molecule has 1 fully saturated rings. The molecule has 8 nitrogen and oxygen atoms in total. The minimum absolute atomic E-state index is 0.0409. The predicted molar refractivity (Wildman–Crippen MR) is 178 cm³/mol. The minimum Gasteiger partial charge on any atom is -0.444 e. The maximum Gasteiger partial charge on any atom is 0.494 e. The summed E-state index contributed by atoms with van der Waals surface area (Å²) in [5.74, 6) is 0.158. The van der Waals surface area contributed by atoms with Crippen molar-refractivity contribution in [3.05, 3.63) is 53.6 Å². The van der Waals surface area contributed by atoms with E-state index in [4.69, 9.17) is 18.8 Å². The summed E-state index contributed by atoms with van der Waals surface area (Å²) < 4.78 is 23.6. The highest BCUT2D eigenvalue weighted by Gasteiger charge is 2.51. The van der Waals surface area contributed by atoms with Crippen molar-refractivity contribution in [2.24, 2.45) is 4.99 Å². The van der Waals surface area contributed by atoms with Gasteiger partial charge in [0.1, 0.15) is 17.0 Å². The Morgan fingerprint density at radius 3 is 1.84 bits per heavy atom. The fourth-order valence-corrected chi connectivity index (χ4v) is 4.53. The molecule has 0 aliphatic carbocycles. The first-order chi connectivity index (χ1) is 19.9. The predicted octanol–water partition coefficient (Wildman–Crippen LogP) is 7.74. The number of nitrogens with zero attached hydrogens (tertiary/aromatic N) is 1. The molecule has 240 valence electrons. The van der Waals surface area contributed by atoms with Crippen LogP contribution in [0.15, 0.2) is 47.5 Å². The Morgan fingerprint density at radius 1 is 0.795 bits per heavy atom. The summed E-state index contributed by atoms with van der Waals surface area (Å²) in [4.78, 5) is 29.3. The van der Waals surface area contributed by atoms with Gasteiger partial charge in [-0.05, 0) is 109 Å². The molecule has 9 heteroatoms. The van der Waals surface area contributed by atoms with Gasteiger partial charge in [-0.25, -0.2) is 9.59 Å². The monoisotopic (exact) mass is 606 g/mol. The second-order valence-electron chi connectivity index (χ2n) is 15.5. The van der Waals surface area contributed by atoms with Crippen LogP contribution in [0, 0.1) is 0 Å². The van der Waals surface area contributed by atoms with Gasteiger partial charge in [-0.1, -0.05) is 63.2 Å². The number of amidine groups is 1. The van der Waals surface area contributed by atoms with Gasteiger partial charge in [0, 0.05) is 6.42 Å². The third-order valence-electron chi connectivity index (χ3n) is 7.54. The van der Waals surface area contributed by atoms with Crippen LogP contribution in [0.4, 0.5) is 9.59 Å². The van der Waals surface area contributed by atoms with Gasteiger partial charge in [-0.15, -0.1) is 0 Å². The van der Waals surface area contributed by atoms with E-state index < -0.39 is 41.7 Å². The Labute approximate surface area is 264 Å². The Morgan fingerprint density at radius 2 is 1.34 bits per heavy atom. The molecular weight excluding hydrogens is 555 g/mol. The molecular formula is C35H51BN2O6. The van der Waals surface area contributed by atoms with Crippen molar-refractivity contribution in [1.29, 1.82) is 0 Å². The SMILES string of the molecule is CC(C)(C)OC(=O)N=C(CCc1cc(B2OC(C)(C)C(C)(C)O2)cc(-c2ccc(C(C)(C)C)cc2)c1)NC(=O)OC(C)(C)C. The lowest BCUT2D eigenvalue weighted by atomic mass is 9.76. The van der Waals surface area contributed by atoms with E-state index >= 15 is 0 Å². The van der Waals surface area contributed by atoms with Crippen LogP contribution in [0.3, 0.4) is 0 Å². The molecule has 3 rings (SSSR count). The number of benzene rings is 2. The molecule has 2 amide bonds. The standard InChI is InChI=1S/C35H51BN2O6/c1-31(2,3)26-17-15-24(16-18-26)25-20-23(21-27(22-25)36-43-34(10,11)35(12,13)44-36)14-19-28(37-29(39)41-32(4,5)6)38-30(40)42-33(7,8)9/h15-18,20-22H,14,19H2,1-13H3,(H,37,38,39,40). The molecule has 0 spiro atoms.